The van der Waals surface area contributed by atoms with E-state index in [-0.39, 0.29) is 5.56 Å². The second kappa shape index (κ2) is 4.69. The molecule has 0 aliphatic heterocycles. The number of aromatic nitrogens is 2. The smallest absolute Gasteiger partial charge is 0.251 e. The van der Waals surface area contributed by atoms with Crippen LogP contribution in [0.5, 0.6) is 0 Å². The highest BCUT2D eigenvalue weighted by atomic mass is 16.1. The van der Waals surface area contributed by atoms with Gasteiger partial charge < -0.3 is 4.98 Å². The summed E-state index contributed by atoms with van der Waals surface area (Å²) >= 11 is 0. The van der Waals surface area contributed by atoms with Crippen molar-refractivity contribution in [3.63, 3.8) is 0 Å². The van der Waals surface area contributed by atoms with Crippen LogP contribution in [0.1, 0.15) is 16.8 Å². The van der Waals surface area contributed by atoms with Gasteiger partial charge in [0.2, 0.25) is 0 Å². The summed E-state index contributed by atoms with van der Waals surface area (Å²) in [6.45, 7) is 1.95. The van der Waals surface area contributed by atoms with Crippen LogP contribution in [-0.4, -0.2) is 9.97 Å². The summed E-state index contributed by atoms with van der Waals surface area (Å²) in [5, 5.41) is 1.05. The molecular formula is C16H14N2O. The summed E-state index contributed by atoms with van der Waals surface area (Å²) < 4.78 is 0. The molecule has 0 aliphatic rings. The van der Waals surface area contributed by atoms with Gasteiger partial charge in [-0.2, -0.15) is 0 Å². The van der Waals surface area contributed by atoms with E-state index in [1.165, 1.54) is 0 Å². The van der Waals surface area contributed by atoms with Crippen molar-refractivity contribution < 1.29 is 0 Å². The third-order valence-corrected chi connectivity index (χ3v) is 3.20. The minimum Gasteiger partial charge on any atom is -0.322 e. The number of nitrogens with zero attached hydrogens (tertiary/aromatic N) is 1. The standard InChI is InChI=1S/C16H14N2O/c1-11-6-7-12(10-17-11)8-14-9-13-4-2-3-5-15(13)18-16(14)19/h2-7,9-10H,8H2,1H3,(H,18,19). The first-order valence-corrected chi connectivity index (χ1v) is 6.25. The van der Waals surface area contributed by atoms with E-state index >= 15 is 0 Å². The second-order valence-corrected chi connectivity index (χ2v) is 4.70. The number of rotatable bonds is 2. The van der Waals surface area contributed by atoms with Gasteiger partial charge in [0.25, 0.3) is 5.56 Å². The number of aryl methyl sites for hydroxylation is 1. The van der Waals surface area contributed by atoms with Crippen LogP contribution in [0.3, 0.4) is 0 Å². The number of fused-ring (bicyclic) bond motifs is 1. The predicted molar refractivity (Wildman–Crippen MR) is 76.3 cm³/mol. The predicted octanol–water partition coefficient (Wildman–Crippen LogP) is 2.82. The fraction of sp³-hybridized carbons (Fsp3) is 0.125. The lowest BCUT2D eigenvalue weighted by molar-refractivity contribution is 1.08. The summed E-state index contributed by atoms with van der Waals surface area (Å²) in [6.07, 6.45) is 2.43. The maximum Gasteiger partial charge on any atom is 0.251 e. The minimum absolute atomic E-state index is 0.0284. The van der Waals surface area contributed by atoms with Crippen molar-refractivity contribution in [2.45, 2.75) is 13.3 Å². The van der Waals surface area contributed by atoms with Gasteiger partial charge in [-0.1, -0.05) is 24.3 Å². The summed E-state index contributed by atoms with van der Waals surface area (Å²) in [7, 11) is 0. The first-order valence-electron chi connectivity index (χ1n) is 6.25. The normalized spacial score (nSPS) is 10.8. The molecule has 0 bridgehead atoms. The van der Waals surface area contributed by atoms with Crippen molar-refractivity contribution in [2.24, 2.45) is 0 Å². The minimum atomic E-state index is -0.0284. The van der Waals surface area contributed by atoms with Crippen molar-refractivity contribution in [1.29, 1.82) is 0 Å². The zero-order valence-electron chi connectivity index (χ0n) is 10.7. The van der Waals surface area contributed by atoms with Gasteiger partial charge in [0, 0.05) is 29.4 Å². The topological polar surface area (TPSA) is 45.8 Å². The summed E-state index contributed by atoms with van der Waals surface area (Å²) in [5.74, 6) is 0. The van der Waals surface area contributed by atoms with Crippen LogP contribution in [0, 0.1) is 6.92 Å². The third-order valence-electron chi connectivity index (χ3n) is 3.20. The Balaban J connectivity index is 2.03. The van der Waals surface area contributed by atoms with Crippen molar-refractivity contribution >= 4 is 10.9 Å². The highest BCUT2D eigenvalue weighted by Gasteiger charge is 2.04. The Hall–Kier alpha value is -2.42. The molecule has 3 rings (SSSR count). The fourth-order valence-corrected chi connectivity index (χ4v) is 2.15. The van der Waals surface area contributed by atoms with Gasteiger partial charge in [-0.25, -0.2) is 0 Å². The monoisotopic (exact) mass is 250 g/mol. The Morgan fingerprint density at radius 1 is 1.16 bits per heavy atom. The lowest BCUT2D eigenvalue weighted by atomic mass is 10.1. The Labute approximate surface area is 111 Å². The molecule has 0 spiro atoms. The van der Waals surface area contributed by atoms with Gasteiger partial charge in [-0.05, 0) is 36.1 Å². The average Bonchev–Trinajstić information content (AvgIpc) is 2.42. The number of pyridine rings is 2. The molecule has 0 saturated heterocycles. The van der Waals surface area contributed by atoms with Crippen LogP contribution in [0.25, 0.3) is 10.9 Å². The number of aromatic amines is 1. The van der Waals surface area contributed by atoms with E-state index in [1.807, 2.05) is 55.6 Å². The van der Waals surface area contributed by atoms with Crippen molar-refractivity contribution in [3.8, 4) is 0 Å². The van der Waals surface area contributed by atoms with E-state index in [2.05, 4.69) is 9.97 Å². The van der Waals surface area contributed by atoms with Crippen molar-refractivity contribution in [3.05, 3.63) is 75.8 Å². The van der Waals surface area contributed by atoms with Gasteiger partial charge in [0.05, 0.1) is 0 Å². The number of nitrogens with one attached hydrogen (secondary N) is 1. The van der Waals surface area contributed by atoms with Crippen LogP contribution in [-0.2, 0) is 6.42 Å². The first kappa shape index (κ1) is 11.7. The number of para-hydroxylation sites is 1. The molecule has 2 aromatic heterocycles. The summed E-state index contributed by atoms with van der Waals surface area (Å²) in [5.41, 5.74) is 3.64. The van der Waals surface area contributed by atoms with E-state index in [0.717, 1.165) is 27.7 Å². The maximum absolute atomic E-state index is 12.0. The number of hydrogen-bond donors (Lipinski definition) is 1. The zero-order valence-corrected chi connectivity index (χ0v) is 10.7. The number of H-pyrrole nitrogens is 1. The van der Waals surface area contributed by atoms with Gasteiger partial charge in [-0.3, -0.25) is 9.78 Å². The van der Waals surface area contributed by atoms with E-state index in [1.54, 1.807) is 0 Å². The Bertz CT molecular complexity index is 773. The first-order chi connectivity index (χ1) is 9.22. The Morgan fingerprint density at radius 3 is 2.79 bits per heavy atom. The molecule has 1 N–H and O–H groups in total. The average molecular weight is 250 g/mol. The molecule has 3 aromatic rings. The number of hydrogen-bond acceptors (Lipinski definition) is 2. The molecule has 2 heterocycles. The van der Waals surface area contributed by atoms with Gasteiger partial charge in [0.15, 0.2) is 0 Å². The lowest BCUT2D eigenvalue weighted by Gasteiger charge is -2.04. The molecule has 0 saturated carbocycles. The highest BCUT2D eigenvalue weighted by Crippen LogP contribution is 2.12. The van der Waals surface area contributed by atoms with Gasteiger partial charge >= 0.3 is 0 Å². The Kier molecular flexibility index (Phi) is 2.88. The lowest BCUT2D eigenvalue weighted by Crippen LogP contribution is -2.12. The SMILES string of the molecule is Cc1ccc(Cc2cc3ccccc3[nH]c2=O)cn1. The molecule has 3 nitrogen and oxygen atoms in total. The molecule has 94 valence electrons. The molecule has 0 aliphatic carbocycles. The largest absolute Gasteiger partial charge is 0.322 e. The quantitative estimate of drug-likeness (QED) is 0.760. The van der Waals surface area contributed by atoms with E-state index in [4.69, 9.17) is 0 Å². The van der Waals surface area contributed by atoms with Crippen LogP contribution in [0.4, 0.5) is 0 Å². The van der Waals surface area contributed by atoms with Gasteiger partial charge in [-0.15, -0.1) is 0 Å². The molecule has 0 fully saturated rings. The molecule has 19 heavy (non-hydrogen) atoms. The van der Waals surface area contributed by atoms with E-state index in [9.17, 15) is 4.79 Å². The molecule has 1 aromatic carbocycles. The maximum atomic E-state index is 12.0. The van der Waals surface area contributed by atoms with Crippen LogP contribution < -0.4 is 5.56 Å². The Morgan fingerprint density at radius 2 is 2.00 bits per heavy atom. The van der Waals surface area contributed by atoms with Gasteiger partial charge in [0.1, 0.15) is 0 Å². The number of benzene rings is 1. The van der Waals surface area contributed by atoms with Crippen LogP contribution in [0.15, 0.2) is 53.5 Å². The van der Waals surface area contributed by atoms with Crippen LogP contribution >= 0.6 is 0 Å². The summed E-state index contributed by atoms with van der Waals surface area (Å²) in [6, 6.07) is 13.7. The zero-order chi connectivity index (χ0) is 13.2. The van der Waals surface area contributed by atoms with E-state index in [0.29, 0.717) is 6.42 Å². The van der Waals surface area contributed by atoms with Crippen molar-refractivity contribution in [2.75, 3.05) is 0 Å². The molecular weight excluding hydrogens is 236 g/mol. The third kappa shape index (κ3) is 2.40. The molecule has 0 unspecified atom stereocenters. The molecule has 0 radical (unpaired) electrons. The molecule has 0 atom stereocenters. The molecule has 3 heteroatoms. The second-order valence-electron chi connectivity index (χ2n) is 4.70. The van der Waals surface area contributed by atoms with Crippen molar-refractivity contribution in [1.82, 2.24) is 9.97 Å². The molecule has 0 amide bonds. The fourth-order valence-electron chi connectivity index (χ4n) is 2.15. The van der Waals surface area contributed by atoms with Crippen LogP contribution in [0.2, 0.25) is 0 Å². The highest BCUT2D eigenvalue weighted by molar-refractivity contribution is 5.78. The van der Waals surface area contributed by atoms with E-state index < -0.39 is 0 Å². The summed E-state index contributed by atoms with van der Waals surface area (Å²) in [4.78, 5) is 19.2.